The monoisotopic (exact) mass is 1210 g/mol. The molecule has 0 N–H and O–H groups in total. The summed E-state index contributed by atoms with van der Waals surface area (Å²) in [7, 11) is -26.7. The van der Waals surface area contributed by atoms with E-state index < -0.39 is 102 Å². The van der Waals surface area contributed by atoms with E-state index in [9.17, 15) is 4.79 Å². The summed E-state index contributed by atoms with van der Waals surface area (Å²) in [6.07, 6.45) is 5.07. The van der Waals surface area contributed by atoms with E-state index in [2.05, 4.69) is 192 Å². The summed E-state index contributed by atoms with van der Waals surface area (Å²) in [5, 5.41) is 0. The van der Waals surface area contributed by atoms with E-state index in [0.717, 1.165) is 42.4 Å². The molecule has 0 saturated carbocycles. The van der Waals surface area contributed by atoms with Crippen LogP contribution in [0.25, 0.3) is 0 Å². The van der Waals surface area contributed by atoms with Gasteiger partial charge < -0.3 is 59.2 Å². The lowest BCUT2D eigenvalue weighted by atomic mass is 10.2. The molecule has 0 heterocycles. The topological polar surface area (TPSA) is 137 Å². The molecule has 27 heteroatoms. The molecule has 0 aromatic rings. The van der Waals surface area contributed by atoms with Gasteiger partial charge in [-0.3, -0.25) is 0 Å². The predicted molar refractivity (Wildman–Crippen MR) is 323 cm³/mol. The standard InChI is InChI=1S/C44H112NO14Si12/c1-31-33-36-45(5,6)40-43(48-44(46)42(3)4)41-47-37-35-39-61(9,10)50-63(13,14)52-65(17,18)54-67(21,22)56-69(25,26)58-71(29,30)59-70(27,28)57-68(23,24)55-66(19,20)53-64(15,16)51-62(11,12)49-60(7,8)38-34-32-2/h43H,3,31-41H2,1-2,4-30H3/q+1. The highest BCUT2D eigenvalue weighted by molar-refractivity contribution is 6.94. The van der Waals surface area contributed by atoms with E-state index in [1.165, 1.54) is 12.8 Å². The smallest absolute Gasteiger partial charge is 0.333 e. The molecule has 0 spiro atoms. The van der Waals surface area contributed by atoms with Crippen LogP contribution in [0.5, 0.6) is 0 Å². The summed E-state index contributed by atoms with van der Waals surface area (Å²) >= 11 is 0. The van der Waals surface area contributed by atoms with Crippen molar-refractivity contribution in [3.05, 3.63) is 12.2 Å². The van der Waals surface area contributed by atoms with Crippen molar-refractivity contribution in [2.45, 2.75) is 228 Å². The second kappa shape index (κ2) is 27.9. The third-order valence-corrected chi connectivity index (χ3v) is 57.3. The summed E-state index contributed by atoms with van der Waals surface area (Å²) in [5.74, 6) is -0.374. The lowest BCUT2D eigenvalue weighted by Crippen LogP contribution is -2.62. The Morgan fingerprint density at radius 1 is 0.437 bits per heavy atom. The number of ether oxygens (including phenoxy) is 2. The van der Waals surface area contributed by atoms with Gasteiger partial charge in [0.2, 0.25) is 0 Å². The van der Waals surface area contributed by atoms with Crippen LogP contribution in [0.3, 0.4) is 0 Å². The Hall–Kier alpha value is 1.29. The van der Waals surface area contributed by atoms with Crippen molar-refractivity contribution in [1.82, 2.24) is 0 Å². The van der Waals surface area contributed by atoms with Gasteiger partial charge in [-0.2, -0.15) is 0 Å². The van der Waals surface area contributed by atoms with Crippen molar-refractivity contribution >= 4 is 108 Å². The SMILES string of the molecule is C=C(C)C(=O)OC(COCCC[Si](C)(C)O[Si](C)(C)O[Si](C)(C)O[Si](C)(C)O[Si](C)(C)O[Si](C)(C)O[Si](C)(C)O[Si](C)(C)O[Si](C)(C)O[Si](C)(C)O[Si](C)(C)O[Si](C)(C)CCCC)C[N+](C)(C)CCCC. The van der Waals surface area contributed by atoms with Gasteiger partial charge in [0.1, 0.15) is 6.54 Å². The van der Waals surface area contributed by atoms with Crippen LogP contribution < -0.4 is 0 Å². The molecule has 0 bridgehead atoms. The van der Waals surface area contributed by atoms with Crippen LogP contribution in [0.1, 0.15) is 52.9 Å². The first-order chi connectivity index (χ1) is 31.3. The first-order valence-corrected chi connectivity index (χ1v) is 60.7. The fraction of sp³-hybridized carbons (Fsp3) is 0.932. The number of hydrogen-bond acceptors (Lipinski definition) is 14. The van der Waals surface area contributed by atoms with Crippen LogP contribution in [0, 0.1) is 0 Å². The fourth-order valence-electron chi connectivity index (χ4n) is 9.99. The Balaban J connectivity index is 5.53. The van der Waals surface area contributed by atoms with E-state index in [0.29, 0.717) is 25.3 Å². The van der Waals surface area contributed by atoms with Gasteiger partial charge in [-0.25, -0.2) is 4.79 Å². The van der Waals surface area contributed by atoms with Crippen LogP contribution in [0.2, 0.25) is 169 Å². The van der Waals surface area contributed by atoms with E-state index in [4.69, 9.17) is 54.7 Å². The molecule has 0 rings (SSSR count). The van der Waals surface area contributed by atoms with Gasteiger partial charge in [0.15, 0.2) is 22.7 Å². The van der Waals surface area contributed by atoms with Gasteiger partial charge in [-0.1, -0.05) is 39.7 Å². The van der Waals surface area contributed by atoms with Crippen LogP contribution in [-0.4, -0.2) is 159 Å². The number of carbonyl (C=O) groups excluding carboxylic acids is 1. The van der Waals surface area contributed by atoms with Crippen molar-refractivity contribution in [3.63, 3.8) is 0 Å². The molecule has 0 saturated heterocycles. The molecule has 15 nitrogen and oxygen atoms in total. The summed E-state index contributed by atoms with van der Waals surface area (Å²) in [4.78, 5) is 12.5. The number of carbonyl (C=O) groups is 1. The number of likely N-dealkylation sites (N-methyl/N-ethyl adjacent to an activating group) is 1. The summed E-state index contributed by atoms with van der Waals surface area (Å²) < 4.78 is 88.2. The van der Waals surface area contributed by atoms with Crippen LogP contribution in [0.4, 0.5) is 0 Å². The quantitative estimate of drug-likeness (QED) is 0.0191. The molecule has 0 aromatic carbocycles. The minimum absolute atomic E-state index is 0.345. The second-order valence-corrected chi connectivity index (χ2v) is 70.9. The highest BCUT2D eigenvalue weighted by Crippen LogP contribution is 2.32. The number of rotatable bonds is 38. The van der Waals surface area contributed by atoms with E-state index in [1.807, 2.05) is 0 Å². The average Bonchev–Trinajstić information content (AvgIpc) is 3.03. The third kappa shape index (κ3) is 34.7. The Labute approximate surface area is 450 Å². The lowest BCUT2D eigenvalue weighted by molar-refractivity contribution is -0.893. The zero-order chi connectivity index (χ0) is 56.2. The molecule has 424 valence electrons. The first-order valence-electron chi connectivity index (χ1n) is 26.3. The lowest BCUT2D eigenvalue weighted by Gasteiger charge is -2.45. The average molecular weight is 1220 g/mol. The molecule has 0 aliphatic rings. The Morgan fingerprint density at radius 3 is 0.972 bits per heavy atom. The Bertz CT molecular complexity index is 1650. The zero-order valence-corrected chi connectivity index (χ0v) is 63.2. The van der Waals surface area contributed by atoms with Crippen LogP contribution >= 0.6 is 0 Å². The highest BCUT2D eigenvalue weighted by Gasteiger charge is 2.51. The number of hydrogen-bond donors (Lipinski definition) is 0. The molecular weight excluding hydrogens is 1100 g/mol. The van der Waals surface area contributed by atoms with Gasteiger partial charge in [0.05, 0.1) is 27.2 Å². The number of esters is 1. The Morgan fingerprint density at radius 2 is 0.704 bits per heavy atom. The van der Waals surface area contributed by atoms with Gasteiger partial charge >= 0.3 is 91.6 Å². The largest absolute Gasteiger partial charge is 0.451 e. The fourth-order valence-corrected chi connectivity index (χ4v) is 71.7. The maximum absolute atomic E-state index is 12.5. The molecule has 0 aromatic heterocycles. The summed E-state index contributed by atoms with van der Waals surface area (Å²) in [5.41, 5.74) is 0.394. The van der Waals surface area contributed by atoms with Gasteiger partial charge in [0, 0.05) is 12.2 Å². The molecule has 71 heavy (non-hydrogen) atoms. The maximum Gasteiger partial charge on any atom is 0.333 e. The maximum atomic E-state index is 12.5. The van der Waals surface area contributed by atoms with Crippen LogP contribution in [0.15, 0.2) is 12.2 Å². The van der Waals surface area contributed by atoms with Crippen molar-refractivity contribution in [2.24, 2.45) is 0 Å². The van der Waals surface area contributed by atoms with Crippen molar-refractivity contribution in [1.29, 1.82) is 0 Å². The highest BCUT2D eigenvalue weighted by atomic mass is 28.5. The Kier molecular flexibility index (Phi) is 28.4. The van der Waals surface area contributed by atoms with Gasteiger partial charge in [-0.15, -0.1) is 0 Å². The first kappa shape index (κ1) is 72.3. The van der Waals surface area contributed by atoms with Crippen molar-refractivity contribution in [2.75, 3.05) is 40.4 Å². The minimum Gasteiger partial charge on any atom is -0.451 e. The molecule has 0 fully saturated rings. The number of quaternary nitrogens is 1. The summed E-state index contributed by atoms with van der Waals surface area (Å²) in [6.45, 7) is 63.3. The number of unbranched alkanes of at least 4 members (excludes halogenated alkanes) is 2. The summed E-state index contributed by atoms with van der Waals surface area (Å²) in [6, 6.07) is 2.04. The van der Waals surface area contributed by atoms with Crippen molar-refractivity contribution in [3.8, 4) is 0 Å². The van der Waals surface area contributed by atoms with Crippen molar-refractivity contribution < 1.29 is 64.0 Å². The molecule has 0 aliphatic carbocycles. The minimum atomic E-state index is -2.79. The van der Waals surface area contributed by atoms with Gasteiger partial charge in [0.25, 0.3) is 0 Å². The molecule has 0 amide bonds. The van der Waals surface area contributed by atoms with Crippen LogP contribution in [-0.2, 0) is 59.5 Å². The predicted octanol–water partition coefficient (Wildman–Crippen LogP) is 13.2. The second-order valence-electron chi connectivity index (χ2n) is 25.9. The van der Waals surface area contributed by atoms with E-state index >= 15 is 0 Å². The third-order valence-electron chi connectivity index (χ3n) is 10.4. The molecule has 1 unspecified atom stereocenters. The normalized spacial score (nSPS) is 15.3. The molecular formula is C44H112NO14Si12+. The molecule has 0 radical (unpaired) electrons. The van der Waals surface area contributed by atoms with E-state index in [1.54, 1.807) is 6.92 Å². The van der Waals surface area contributed by atoms with E-state index in [-0.39, 0.29) is 12.1 Å². The zero-order valence-electron chi connectivity index (χ0n) is 51.2. The molecule has 1 atom stereocenters. The molecule has 0 aliphatic heterocycles. The van der Waals surface area contributed by atoms with Gasteiger partial charge in [-0.05, 0) is 189 Å². The number of nitrogens with zero attached hydrogens (tertiary/aromatic N) is 1.